The van der Waals surface area contributed by atoms with Gasteiger partial charge in [0.05, 0.1) is 46.1 Å². The third-order valence-electron chi connectivity index (χ3n) is 14.0. The molecule has 0 bridgehead atoms. The Bertz CT molecular complexity index is 3190. The zero-order valence-electron chi connectivity index (χ0n) is 41.5. The van der Waals surface area contributed by atoms with Crippen LogP contribution in [-0.4, -0.2) is 92.6 Å². The number of aromatic nitrogens is 8. The molecule has 1 saturated carbocycles. The predicted molar refractivity (Wildman–Crippen MR) is 279 cm³/mol. The number of hydrogen-bond donors (Lipinski definition) is 2. The van der Waals surface area contributed by atoms with Crippen molar-refractivity contribution in [1.29, 1.82) is 0 Å². The van der Waals surface area contributed by atoms with Gasteiger partial charge in [-0.05, 0) is 87.8 Å². The van der Waals surface area contributed by atoms with Gasteiger partial charge in [0.15, 0.2) is 5.82 Å². The molecule has 3 aliphatic rings. The Morgan fingerprint density at radius 3 is 2.39 bits per heavy atom. The van der Waals surface area contributed by atoms with Crippen molar-refractivity contribution in [1.82, 2.24) is 55.0 Å². The van der Waals surface area contributed by atoms with Crippen molar-refractivity contribution in [3.63, 3.8) is 0 Å². The van der Waals surface area contributed by atoms with Gasteiger partial charge in [0.2, 0.25) is 17.7 Å². The van der Waals surface area contributed by atoms with Crippen LogP contribution in [0.1, 0.15) is 116 Å². The Balaban J connectivity index is 0.762. The minimum absolute atomic E-state index is 0.0868. The molecule has 2 aliphatic heterocycles. The Morgan fingerprint density at radius 2 is 1.67 bits per heavy atom. The summed E-state index contributed by atoms with van der Waals surface area (Å²) >= 11 is 9.56. The molecular weight excluding hydrogens is 968 g/mol. The molecule has 72 heavy (non-hydrogen) atoms. The number of likely N-dealkylation sites (tertiary alicyclic amines) is 1. The number of benzene rings is 2. The average Bonchev–Trinajstić information content (AvgIpc) is 4.19. The Hall–Kier alpha value is -6.63. The van der Waals surface area contributed by atoms with Crippen molar-refractivity contribution in [3.8, 4) is 32.7 Å². The van der Waals surface area contributed by atoms with Gasteiger partial charge in [-0.2, -0.15) is 10.1 Å². The number of fused-ring (bicyclic) bond motifs is 3. The van der Waals surface area contributed by atoms with Crippen LogP contribution in [0.5, 0.6) is 6.01 Å². The van der Waals surface area contributed by atoms with Gasteiger partial charge >= 0.3 is 6.01 Å². The smallest absolute Gasteiger partial charge is 0.317 e. The first-order chi connectivity index (χ1) is 34.6. The predicted octanol–water partition coefficient (Wildman–Crippen LogP) is 9.31. The number of aryl methyl sites for hydroxylation is 3. The molecular formula is C53H57ClN12O4S2. The highest BCUT2D eigenvalue weighted by Gasteiger charge is 2.42. The van der Waals surface area contributed by atoms with Crippen molar-refractivity contribution in [2.75, 3.05) is 6.54 Å². The summed E-state index contributed by atoms with van der Waals surface area (Å²) in [7, 11) is 0. The SMILES string of the molecule is Cc1ncsc1-c1ccc([C@H](C)NC(=O)[C@@H]2C[C@@H](C)CN2C(=O)[C@@H](C(C)C)n2cc(-c3ccnc(O[C@H]4C[C@@H](NC(=O)C[C@@H]5N=C(c6ccc(Cl)cc6)c6c(sc(C)c6C)-n6c(C)nnc65)C4)n3)cn2)cc1. The van der Waals surface area contributed by atoms with Crippen LogP contribution >= 0.6 is 34.3 Å². The van der Waals surface area contributed by atoms with E-state index in [1.807, 2.05) is 87.3 Å². The normalized spacial score (nSPS) is 20.2. The van der Waals surface area contributed by atoms with E-state index in [0.717, 1.165) is 54.9 Å². The van der Waals surface area contributed by atoms with Crippen LogP contribution in [0.15, 0.2) is 83.7 Å². The summed E-state index contributed by atoms with van der Waals surface area (Å²) in [5.41, 5.74) is 10.0. The number of nitrogens with one attached hydrogen (secondary N) is 2. The molecule has 1 saturated heterocycles. The highest BCUT2D eigenvalue weighted by atomic mass is 35.5. The van der Waals surface area contributed by atoms with Gasteiger partial charge in [0, 0.05) is 64.4 Å². The number of hydrogen-bond acceptors (Lipinski definition) is 13. The summed E-state index contributed by atoms with van der Waals surface area (Å²) in [4.78, 5) is 65.0. The summed E-state index contributed by atoms with van der Waals surface area (Å²) in [6.07, 6.45) is 6.76. The zero-order chi connectivity index (χ0) is 50.5. The van der Waals surface area contributed by atoms with Crippen LogP contribution in [0, 0.1) is 39.5 Å². The van der Waals surface area contributed by atoms with Gasteiger partial charge in [-0.15, -0.1) is 32.9 Å². The monoisotopic (exact) mass is 1020 g/mol. The molecule has 7 aromatic rings. The van der Waals surface area contributed by atoms with E-state index in [-0.39, 0.29) is 60.2 Å². The minimum Gasteiger partial charge on any atom is -0.460 e. The second-order valence-electron chi connectivity index (χ2n) is 19.7. The fraction of sp³-hybridized carbons (Fsp3) is 0.396. The molecule has 2 fully saturated rings. The van der Waals surface area contributed by atoms with Gasteiger partial charge < -0.3 is 20.3 Å². The minimum atomic E-state index is -0.649. The van der Waals surface area contributed by atoms with E-state index in [0.29, 0.717) is 47.9 Å². The second-order valence-corrected chi connectivity index (χ2v) is 22.2. The third kappa shape index (κ3) is 9.71. The number of amides is 3. The highest BCUT2D eigenvalue weighted by Crippen LogP contribution is 2.40. The molecule has 7 heterocycles. The average molecular weight is 1030 g/mol. The van der Waals surface area contributed by atoms with Gasteiger partial charge in [0.1, 0.15) is 35.1 Å². The molecule has 5 atom stereocenters. The first-order valence-corrected chi connectivity index (χ1v) is 26.5. The third-order valence-corrected chi connectivity index (χ3v) is 16.5. The van der Waals surface area contributed by atoms with Crippen molar-refractivity contribution >= 4 is 57.7 Å². The van der Waals surface area contributed by atoms with Crippen molar-refractivity contribution in [3.05, 3.63) is 128 Å². The highest BCUT2D eigenvalue weighted by molar-refractivity contribution is 7.15. The first-order valence-electron chi connectivity index (χ1n) is 24.4. The summed E-state index contributed by atoms with van der Waals surface area (Å²) in [6, 6.07) is 15.6. The molecule has 0 unspecified atom stereocenters. The molecule has 19 heteroatoms. The van der Waals surface area contributed by atoms with E-state index in [4.69, 9.17) is 26.3 Å². The Labute approximate surface area is 431 Å². The second kappa shape index (κ2) is 20.1. The zero-order valence-corrected chi connectivity index (χ0v) is 43.8. The van der Waals surface area contributed by atoms with E-state index in [2.05, 4.69) is 68.8 Å². The maximum absolute atomic E-state index is 14.5. The topological polar surface area (TPSA) is 187 Å². The van der Waals surface area contributed by atoms with Crippen LogP contribution in [0.25, 0.3) is 26.7 Å². The lowest BCUT2D eigenvalue weighted by molar-refractivity contribution is -0.142. The van der Waals surface area contributed by atoms with E-state index >= 15 is 0 Å². The molecule has 372 valence electrons. The van der Waals surface area contributed by atoms with Gasteiger partial charge in [-0.1, -0.05) is 68.8 Å². The lowest BCUT2D eigenvalue weighted by Crippen LogP contribution is -2.49. The van der Waals surface area contributed by atoms with Gasteiger partial charge in [-0.25, -0.2) is 9.97 Å². The maximum Gasteiger partial charge on any atom is 0.317 e. The molecule has 3 amide bonds. The van der Waals surface area contributed by atoms with Crippen molar-refractivity contribution in [2.24, 2.45) is 16.8 Å². The molecule has 5 aromatic heterocycles. The van der Waals surface area contributed by atoms with Gasteiger partial charge in [-0.3, -0.25) is 28.6 Å². The van der Waals surface area contributed by atoms with E-state index in [1.54, 1.807) is 50.7 Å². The number of thiophene rings is 1. The number of ether oxygens (including phenoxy) is 1. The molecule has 0 radical (unpaired) electrons. The van der Waals surface area contributed by atoms with Crippen LogP contribution in [0.3, 0.4) is 0 Å². The number of thiazole rings is 1. The maximum atomic E-state index is 14.5. The van der Waals surface area contributed by atoms with Crippen LogP contribution < -0.4 is 15.4 Å². The van der Waals surface area contributed by atoms with Crippen LogP contribution in [0.4, 0.5) is 0 Å². The van der Waals surface area contributed by atoms with Crippen molar-refractivity contribution < 1.29 is 19.1 Å². The van der Waals surface area contributed by atoms with Crippen LogP contribution in [-0.2, 0) is 14.4 Å². The fourth-order valence-electron chi connectivity index (χ4n) is 10.0. The van der Waals surface area contributed by atoms with Crippen LogP contribution in [0.2, 0.25) is 5.02 Å². The molecule has 2 aromatic carbocycles. The Kier molecular flexibility index (Phi) is 13.7. The quantitative estimate of drug-likeness (QED) is 0.106. The lowest BCUT2D eigenvalue weighted by Gasteiger charge is -2.35. The lowest BCUT2D eigenvalue weighted by atomic mass is 9.89. The number of rotatable bonds is 14. The first kappa shape index (κ1) is 49.0. The summed E-state index contributed by atoms with van der Waals surface area (Å²) in [5.74, 6) is 0.920. The number of nitrogens with zero attached hydrogens (tertiary/aromatic N) is 10. The molecule has 16 nitrogen and oxygen atoms in total. The van der Waals surface area contributed by atoms with E-state index in [9.17, 15) is 14.4 Å². The molecule has 1 aliphatic carbocycles. The molecule has 10 rings (SSSR count). The number of halogens is 1. The summed E-state index contributed by atoms with van der Waals surface area (Å²) in [5, 5.41) is 21.6. The van der Waals surface area contributed by atoms with E-state index < -0.39 is 18.1 Å². The number of carbonyl (C=O) groups excluding carboxylic acids is 3. The van der Waals surface area contributed by atoms with E-state index in [1.165, 1.54) is 4.88 Å². The number of aliphatic imine (C=N–C) groups is 1. The largest absolute Gasteiger partial charge is 0.460 e. The van der Waals surface area contributed by atoms with Gasteiger partial charge in [0.25, 0.3) is 0 Å². The van der Waals surface area contributed by atoms with Crippen molar-refractivity contribution in [2.45, 2.75) is 117 Å². The Morgan fingerprint density at radius 1 is 0.917 bits per heavy atom. The number of carbonyl (C=O) groups is 3. The standard InChI is InChI=1S/C53H57ClN12O4S2/c1-27(2)47(51(69)64-24-28(3)19-43(64)50(68)58-30(5)34-9-11-36(12-10-34)48-31(6)56-26-71-48)65-25-37(23-57-65)41-17-18-55-53(61-41)70-40-20-39(21-40)59-44(67)22-42-49-63-62-33(8)66(49)52-45(29(4)32(7)72-52)46(60-42)35-13-15-38(54)16-14-35/h9-18,23,25-28,30,39-40,42-43,47H,19-22,24H2,1-8H3,(H,58,68)(H,59,67)/t28-,30+,39-,40+,42+,43+,47-/m1/s1. The molecule has 0 spiro atoms. The molecule has 2 N–H and O–H groups in total. The fourth-order valence-corrected chi connectivity index (χ4v) is 12.2. The summed E-state index contributed by atoms with van der Waals surface area (Å²) in [6.45, 7) is 16.6. The summed E-state index contributed by atoms with van der Waals surface area (Å²) < 4.78 is 9.95.